The molecule has 0 aliphatic heterocycles. The largest absolute Gasteiger partial charge is 0.387 e. The Morgan fingerprint density at radius 3 is 1.81 bits per heavy atom. The van der Waals surface area contributed by atoms with Gasteiger partial charge in [-0.05, 0) is 0 Å². The molecule has 16 heavy (non-hydrogen) atoms. The second kappa shape index (κ2) is 4.76. The fourth-order valence-corrected chi connectivity index (χ4v) is 1.60. The maximum atomic E-state index is 9.80. The fourth-order valence-electron chi connectivity index (χ4n) is 1.60. The minimum atomic E-state index is -2.55. The van der Waals surface area contributed by atoms with Gasteiger partial charge in [-0.25, -0.2) is 0 Å². The average Bonchev–Trinajstić information content (AvgIpc) is 2.29. The van der Waals surface area contributed by atoms with Crippen LogP contribution in [0.3, 0.4) is 0 Å². The van der Waals surface area contributed by atoms with Gasteiger partial charge in [0.2, 0.25) is 5.79 Å². The minimum Gasteiger partial charge on any atom is -0.387 e. The van der Waals surface area contributed by atoms with Gasteiger partial charge < -0.3 is 35.4 Å². The molecule has 1 aliphatic carbocycles. The van der Waals surface area contributed by atoms with E-state index in [2.05, 4.69) is 6.58 Å². The third-order valence-corrected chi connectivity index (χ3v) is 2.63. The van der Waals surface area contributed by atoms with E-state index in [1.54, 1.807) is 0 Å². The third-order valence-electron chi connectivity index (χ3n) is 2.63. The quantitative estimate of drug-likeness (QED) is 0.223. The molecule has 1 aliphatic rings. The summed E-state index contributed by atoms with van der Waals surface area (Å²) in [5, 5.41) is 56.7. The summed E-state index contributed by atoms with van der Waals surface area (Å²) in [6.07, 6.45) is -8.05. The molecule has 1 fully saturated rings. The molecule has 0 spiro atoms. The molecule has 0 radical (unpaired) electrons. The van der Waals surface area contributed by atoms with E-state index in [4.69, 9.17) is 4.74 Å². The van der Waals surface area contributed by atoms with Crippen molar-refractivity contribution in [3.63, 3.8) is 0 Å². The molecule has 7 nitrogen and oxygen atoms in total. The van der Waals surface area contributed by atoms with Gasteiger partial charge in [0.1, 0.15) is 30.5 Å². The lowest BCUT2D eigenvalue weighted by atomic mass is 9.82. The molecular formula is C9H16O7. The molecule has 0 unspecified atom stereocenters. The van der Waals surface area contributed by atoms with Crippen molar-refractivity contribution in [3.05, 3.63) is 12.7 Å². The molecule has 1 saturated carbocycles. The summed E-state index contributed by atoms with van der Waals surface area (Å²) in [6.45, 7) is 3.10. The van der Waals surface area contributed by atoms with E-state index in [1.807, 2.05) is 0 Å². The highest BCUT2D eigenvalue weighted by Gasteiger charge is 2.58. The molecule has 0 heterocycles. The second-order valence-corrected chi connectivity index (χ2v) is 3.71. The van der Waals surface area contributed by atoms with Crippen LogP contribution < -0.4 is 0 Å². The van der Waals surface area contributed by atoms with Crippen LogP contribution in [0, 0.1) is 0 Å². The van der Waals surface area contributed by atoms with Crippen molar-refractivity contribution < 1.29 is 35.4 Å². The summed E-state index contributed by atoms with van der Waals surface area (Å²) >= 11 is 0. The van der Waals surface area contributed by atoms with Crippen molar-refractivity contribution in [3.8, 4) is 0 Å². The van der Waals surface area contributed by atoms with Gasteiger partial charge in [-0.2, -0.15) is 0 Å². The molecule has 0 bridgehead atoms. The zero-order valence-electron chi connectivity index (χ0n) is 8.47. The Bertz CT molecular complexity index is 240. The Hall–Kier alpha value is -0.540. The van der Waals surface area contributed by atoms with E-state index in [0.717, 1.165) is 0 Å². The second-order valence-electron chi connectivity index (χ2n) is 3.71. The average molecular weight is 236 g/mol. The topological polar surface area (TPSA) is 131 Å². The highest BCUT2D eigenvalue weighted by molar-refractivity contribution is 5.04. The van der Waals surface area contributed by atoms with E-state index >= 15 is 0 Å². The van der Waals surface area contributed by atoms with Crippen molar-refractivity contribution in [2.75, 3.05) is 6.61 Å². The smallest absolute Gasteiger partial charge is 0.224 e. The van der Waals surface area contributed by atoms with E-state index in [-0.39, 0.29) is 6.61 Å². The van der Waals surface area contributed by atoms with Gasteiger partial charge in [-0.15, -0.1) is 6.58 Å². The lowest BCUT2D eigenvalue weighted by molar-refractivity contribution is -0.358. The summed E-state index contributed by atoms with van der Waals surface area (Å²) in [7, 11) is 0. The Morgan fingerprint density at radius 1 is 1.00 bits per heavy atom. The van der Waals surface area contributed by atoms with Crippen molar-refractivity contribution in [2.45, 2.75) is 36.3 Å². The number of rotatable bonds is 3. The normalized spacial score (nSPS) is 49.0. The van der Waals surface area contributed by atoms with Crippen LogP contribution in [0.25, 0.3) is 0 Å². The number of aliphatic hydroxyl groups excluding tert-OH is 5. The molecule has 0 aromatic rings. The maximum absolute atomic E-state index is 9.80. The predicted molar refractivity (Wildman–Crippen MR) is 51.1 cm³/mol. The van der Waals surface area contributed by atoms with Crippen LogP contribution >= 0.6 is 0 Å². The first-order chi connectivity index (χ1) is 7.36. The summed E-state index contributed by atoms with van der Waals surface area (Å²) in [4.78, 5) is 0. The SMILES string of the molecule is C=CCO[C@]1(O)[C@H](O)[C@H](O)[C@@H](O)[C@H](O)[C@H]1O. The van der Waals surface area contributed by atoms with Crippen LogP contribution in [0.2, 0.25) is 0 Å². The van der Waals surface area contributed by atoms with E-state index in [1.165, 1.54) is 6.08 Å². The highest BCUT2D eigenvalue weighted by atomic mass is 16.7. The van der Waals surface area contributed by atoms with Crippen LogP contribution in [0.5, 0.6) is 0 Å². The van der Waals surface area contributed by atoms with E-state index in [0.29, 0.717) is 0 Å². The van der Waals surface area contributed by atoms with E-state index in [9.17, 15) is 30.6 Å². The Balaban J connectivity index is 2.92. The molecule has 1 rings (SSSR count). The first-order valence-corrected chi connectivity index (χ1v) is 4.73. The lowest BCUT2D eigenvalue weighted by Gasteiger charge is -2.46. The summed E-state index contributed by atoms with van der Waals surface area (Å²) in [5.41, 5.74) is 0. The standard InChI is InChI=1S/C9H16O7/c1-2-3-16-9(15)7(13)5(11)4(10)6(12)8(9)14/h2,4-8,10-15H,1,3H2/t4-,5-,6+,7-,8-,9-/m1/s1. The fraction of sp³-hybridized carbons (Fsp3) is 0.778. The molecule has 0 aromatic heterocycles. The molecule has 7 heteroatoms. The first-order valence-electron chi connectivity index (χ1n) is 4.73. The Kier molecular flexibility index (Phi) is 4.02. The summed E-state index contributed by atoms with van der Waals surface area (Å²) in [5.74, 6) is -2.55. The van der Waals surface area contributed by atoms with Gasteiger partial charge in [-0.3, -0.25) is 0 Å². The summed E-state index contributed by atoms with van der Waals surface area (Å²) < 4.78 is 4.74. The van der Waals surface area contributed by atoms with Crippen LogP contribution in [0.1, 0.15) is 0 Å². The number of aliphatic hydroxyl groups is 6. The van der Waals surface area contributed by atoms with Gasteiger partial charge in [0, 0.05) is 0 Å². The number of hydrogen-bond acceptors (Lipinski definition) is 7. The van der Waals surface area contributed by atoms with Crippen LogP contribution in [0.15, 0.2) is 12.7 Å². The van der Waals surface area contributed by atoms with Crippen LogP contribution in [-0.4, -0.2) is 73.6 Å². The number of hydrogen-bond donors (Lipinski definition) is 6. The van der Waals surface area contributed by atoms with Gasteiger partial charge in [0.05, 0.1) is 6.61 Å². The predicted octanol–water partition coefficient (Wildman–Crippen LogP) is -3.30. The van der Waals surface area contributed by atoms with Crippen molar-refractivity contribution in [1.82, 2.24) is 0 Å². The highest BCUT2D eigenvalue weighted by Crippen LogP contribution is 2.31. The molecule has 6 atom stereocenters. The van der Waals surface area contributed by atoms with Gasteiger partial charge in [-0.1, -0.05) is 6.08 Å². The van der Waals surface area contributed by atoms with Crippen molar-refractivity contribution >= 4 is 0 Å². The van der Waals surface area contributed by atoms with Crippen molar-refractivity contribution in [1.29, 1.82) is 0 Å². The van der Waals surface area contributed by atoms with Crippen LogP contribution in [0.4, 0.5) is 0 Å². The zero-order valence-corrected chi connectivity index (χ0v) is 8.47. The number of ether oxygens (including phenoxy) is 1. The van der Waals surface area contributed by atoms with E-state index < -0.39 is 36.3 Å². The molecule has 0 amide bonds. The van der Waals surface area contributed by atoms with Crippen molar-refractivity contribution in [2.24, 2.45) is 0 Å². The summed E-state index contributed by atoms with van der Waals surface area (Å²) in [6, 6.07) is 0. The van der Waals surface area contributed by atoms with Gasteiger partial charge >= 0.3 is 0 Å². The first kappa shape index (κ1) is 13.5. The van der Waals surface area contributed by atoms with Gasteiger partial charge in [0.15, 0.2) is 0 Å². The molecule has 0 aromatic carbocycles. The van der Waals surface area contributed by atoms with Gasteiger partial charge in [0.25, 0.3) is 0 Å². The molecule has 6 N–H and O–H groups in total. The Morgan fingerprint density at radius 2 is 1.44 bits per heavy atom. The minimum absolute atomic E-state index is 0.208. The Labute approximate surface area is 91.8 Å². The zero-order chi connectivity index (χ0) is 12.5. The monoisotopic (exact) mass is 236 g/mol. The van der Waals surface area contributed by atoms with Crippen LogP contribution in [-0.2, 0) is 4.74 Å². The lowest BCUT2D eigenvalue weighted by Crippen LogP contribution is -2.71. The molecule has 0 saturated heterocycles. The third kappa shape index (κ3) is 1.98. The molecule has 94 valence electrons. The maximum Gasteiger partial charge on any atom is 0.224 e. The molecular weight excluding hydrogens is 220 g/mol.